The fourth-order valence-electron chi connectivity index (χ4n) is 4.51. The van der Waals surface area contributed by atoms with Gasteiger partial charge in [-0.2, -0.15) is 4.31 Å². The molecular formula is C25H29N3O5S2. The molecule has 2 aliphatic heterocycles. The Kier molecular flexibility index (Phi) is 7.06. The highest BCUT2D eigenvalue weighted by atomic mass is 32.2. The van der Waals surface area contributed by atoms with Crippen molar-refractivity contribution in [1.29, 1.82) is 0 Å². The molecule has 0 radical (unpaired) electrons. The van der Waals surface area contributed by atoms with E-state index in [1.807, 2.05) is 25.1 Å². The van der Waals surface area contributed by atoms with E-state index in [-0.39, 0.29) is 16.9 Å². The molecule has 186 valence electrons. The summed E-state index contributed by atoms with van der Waals surface area (Å²) in [5.74, 6) is 0.539. The molecule has 0 spiro atoms. The van der Waals surface area contributed by atoms with Crippen LogP contribution in [-0.2, 0) is 14.8 Å². The molecule has 2 fully saturated rings. The molecule has 2 aromatic carbocycles. The summed E-state index contributed by atoms with van der Waals surface area (Å²) >= 11 is 1.43. The number of anilines is 1. The van der Waals surface area contributed by atoms with Crippen LogP contribution >= 0.6 is 11.3 Å². The number of hydrogen-bond donors (Lipinski definition) is 0. The standard InChI is InChI=1S/C25H29N3O5S2/c1-2-32-19-9-12-22-23(16-19)34-25(26-22)28(17-20-6-5-15-33-20)24(29)18-7-10-21(11-8-18)35(30,31)27-13-3-4-14-27/h7-12,16,20H,2-6,13-15,17H2,1H3. The fourth-order valence-corrected chi connectivity index (χ4v) is 7.03. The first-order valence-corrected chi connectivity index (χ1v) is 14.3. The molecule has 35 heavy (non-hydrogen) atoms. The first-order chi connectivity index (χ1) is 17.0. The van der Waals surface area contributed by atoms with Gasteiger partial charge in [-0.05, 0) is 75.1 Å². The Hall–Kier alpha value is -2.53. The number of carbonyl (C=O) groups excluding carboxylic acids is 1. The van der Waals surface area contributed by atoms with Gasteiger partial charge in [0.15, 0.2) is 5.13 Å². The van der Waals surface area contributed by atoms with E-state index in [2.05, 4.69) is 0 Å². The molecule has 8 nitrogen and oxygen atoms in total. The van der Waals surface area contributed by atoms with Crippen molar-refractivity contribution in [3.8, 4) is 5.75 Å². The van der Waals surface area contributed by atoms with Crippen LogP contribution in [0.1, 0.15) is 43.0 Å². The lowest BCUT2D eigenvalue weighted by Crippen LogP contribution is -2.37. The van der Waals surface area contributed by atoms with Crippen molar-refractivity contribution in [3.05, 3.63) is 48.0 Å². The highest BCUT2D eigenvalue weighted by Crippen LogP contribution is 2.33. The summed E-state index contributed by atoms with van der Waals surface area (Å²) in [5.41, 5.74) is 1.21. The summed E-state index contributed by atoms with van der Waals surface area (Å²) in [6.45, 7) is 4.68. The van der Waals surface area contributed by atoms with Crippen molar-refractivity contribution in [2.45, 2.75) is 43.6 Å². The van der Waals surface area contributed by atoms with E-state index in [0.717, 1.165) is 41.6 Å². The average molecular weight is 516 g/mol. The summed E-state index contributed by atoms with van der Waals surface area (Å²) in [6, 6.07) is 11.9. The van der Waals surface area contributed by atoms with Gasteiger partial charge in [-0.3, -0.25) is 9.69 Å². The number of ether oxygens (including phenoxy) is 2. The van der Waals surface area contributed by atoms with Crippen molar-refractivity contribution < 1.29 is 22.7 Å². The van der Waals surface area contributed by atoms with Crippen molar-refractivity contribution in [3.63, 3.8) is 0 Å². The van der Waals surface area contributed by atoms with Crippen LogP contribution in [0.5, 0.6) is 5.75 Å². The molecule has 1 amide bonds. The summed E-state index contributed by atoms with van der Waals surface area (Å²) in [7, 11) is -3.53. The monoisotopic (exact) mass is 515 g/mol. The Morgan fingerprint density at radius 3 is 2.63 bits per heavy atom. The Morgan fingerprint density at radius 1 is 1.17 bits per heavy atom. The van der Waals surface area contributed by atoms with Gasteiger partial charge in [0, 0.05) is 25.3 Å². The highest BCUT2D eigenvalue weighted by Gasteiger charge is 2.29. The molecule has 2 saturated heterocycles. The zero-order chi connectivity index (χ0) is 24.4. The molecule has 2 aliphatic rings. The minimum atomic E-state index is -3.53. The van der Waals surface area contributed by atoms with E-state index in [9.17, 15) is 13.2 Å². The number of hydrogen-bond acceptors (Lipinski definition) is 7. The third-order valence-electron chi connectivity index (χ3n) is 6.35. The molecule has 3 aromatic rings. The largest absolute Gasteiger partial charge is 0.494 e. The van der Waals surface area contributed by atoms with Crippen LogP contribution in [0, 0.1) is 0 Å². The van der Waals surface area contributed by atoms with Gasteiger partial charge < -0.3 is 9.47 Å². The van der Waals surface area contributed by atoms with E-state index >= 15 is 0 Å². The molecule has 3 heterocycles. The van der Waals surface area contributed by atoms with Crippen LogP contribution in [0.25, 0.3) is 10.2 Å². The number of aromatic nitrogens is 1. The van der Waals surface area contributed by atoms with Gasteiger partial charge in [0.1, 0.15) is 5.75 Å². The topological polar surface area (TPSA) is 89.0 Å². The van der Waals surface area contributed by atoms with Crippen LogP contribution in [0.4, 0.5) is 5.13 Å². The second kappa shape index (κ2) is 10.2. The lowest BCUT2D eigenvalue weighted by Gasteiger charge is -2.23. The lowest BCUT2D eigenvalue weighted by molar-refractivity contribution is 0.0917. The summed E-state index contributed by atoms with van der Waals surface area (Å²) in [4.78, 5) is 20.2. The third-order valence-corrected chi connectivity index (χ3v) is 9.30. The number of carbonyl (C=O) groups is 1. The predicted molar refractivity (Wildman–Crippen MR) is 136 cm³/mol. The maximum atomic E-state index is 13.6. The molecule has 1 aromatic heterocycles. The summed E-state index contributed by atoms with van der Waals surface area (Å²) in [6.07, 6.45) is 3.55. The molecule has 0 N–H and O–H groups in total. The van der Waals surface area contributed by atoms with E-state index in [4.69, 9.17) is 14.5 Å². The van der Waals surface area contributed by atoms with Gasteiger partial charge in [-0.25, -0.2) is 13.4 Å². The van der Waals surface area contributed by atoms with Crippen molar-refractivity contribution in [2.24, 2.45) is 0 Å². The maximum absolute atomic E-state index is 13.6. The molecule has 0 aliphatic carbocycles. The van der Waals surface area contributed by atoms with Gasteiger partial charge in [0.2, 0.25) is 10.0 Å². The Labute approximate surface area is 209 Å². The van der Waals surface area contributed by atoms with E-state index in [1.165, 1.54) is 27.8 Å². The Morgan fingerprint density at radius 2 is 1.94 bits per heavy atom. The van der Waals surface area contributed by atoms with E-state index in [0.29, 0.717) is 43.5 Å². The SMILES string of the molecule is CCOc1ccc2nc(N(CC3CCCO3)C(=O)c3ccc(S(=O)(=O)N4CCCC4)cc3)sc2c1. The van der Waals surface area contributed by atoms with Gasteiger partial charge in [0.05, 0.1) is 34.4 Å². The lowest BCUT2D eigenvalue weighted by atomic mass is 10.2. The van der Waals surface area contributed by atoms with Crippen LogP contribution in [0.15, 0.2) is 47.4 Å². The number of sulfonamides is 1. The first kappa shape index (κ1) is 24.2. The summed E-state index contributed by atoms with van der Waals surface area (Å²) < 4.78 is 39.6. The van der Waals surface area contributed by atoms with Crippen molar-refractivity contribution >= 4 is 42.6 Å². The molecule has 1 unspecified atom stereocenters. The number of rotatable bonds is 8. The molecular weight excluding hydrogens is 486 g/mol. The number of fused-ring (bicyclic) bond motifs is 1. The average Bonchev–Trinajstić information content (AvgIpc) is 3.64. The van der Waals surface area contributed by atoms with Crippen LogP contribution in [-0.4, -0.2) is 62.6 Å². The number of thiazole rings is 1. The third kappa shape index (κ3) is 5.06. The van der Waals surface area contributed by atoms with Gasteiger partial charge >= 0.3 is 0 Å². The second-order valence-electron chi connectivity index (χ2n) is 8.75. The van der Waals surface area contributed by atoms with Crippen LogP contribution < -0.4 is 9.64 Å². The molecule has 1 atom stereocenters. The minimum Gasteiger partial charge on any atom is -0.494 e. The quantitative estimate of drug-likeness (QED) is 0.444. The van der Waals surface area contributed by atoms with E-state index < -0.39 is 10.0 Å². The highest BCUT2D eigenvalue weighted by molar-refractivity contribution is 7.89. The predicted octanol–water partition coefficient (Wildman–Crippen LogP) is 4.31. The zero-order valence-electron chi connectivity index (χ0n) is 19.7. The van der Waals surface area contributed by atoms with Gasteiger partial charge in [0.25, 0.3) is 5.91 Å². The smallest absolute Gasteiger partial charge is 0.260 e. The van der Waals surface area contributed by atoms with Gasteiger partial charge in [-0.15, -0.1) is 0 Å². The van der Waals surface area contributed by atoms with Crippen LogP contribution in [0.2, 0.25) is 0 Å². The second-order valence-corrected chi connectivity index (χ2v) is 11.7. The normalized spacial score (nSPS) is 18.8. The van der Waals surface area contributed by atoms with Crippen LogP contribution in [0.3, 0.4) is 0 Å². The van der Waals surface area contributed by atoms with E-state index in [1.54, 1.807) is 17.0 Å². The molecule has 5 rings (SSSR count). The molecule has 10 heteroatoms. The van der Waals surface area contributed by atoms with Crippen molar-refractivity contribution in [2.75, 3.05) is 37.7 Å². The summed E-state index contributed by atoms with van der Waals surface area (Å²) in [5, 5.41) is 0.586. The van der Waals surface area contributed by atoms with Gasteiger partial charge in [-0.1, -0.05) is 11.3 Å². The first-order valence-electron chi connectivity index (χ1n) is 12.0. The van der Waals surface area contributed by atoms with Crippen molar-refractivity contribution in [1.82, 2.24) is 9.29 Å². The minimum absolute atomic E-state index is 0.0558. The number of amides is 1. The zero-order valence-corrected chi connectivity index (χ0v) is 21.3. The maximum Gasteiger partial charge on any atom is 0.260 e. The Bertz CT molecular complexity index is 1290. The Balaban J connectivity index is 1.44. The molecule has 0 saturated carbocycles. The number of nitrogens with zero attached hydrogens (tertiary/aromatic N) is 3. The number of benzene rings is 2. The molecule has 0 bridgehead atoms. The fraction of sp³-hybridized carbons (Fsp3) is 0.440.